The van der Waals surface area contributed by atoms with Crippen LogP contribution < -0.4 is 11.1 Å². The van der Waals surface area contributed by atoms with Crippen LogP contribution in [0.25, 0.3) is 0 Å². The maximum absolute atomic E-state index is 11.6. The van der Waals surface area contributed by atoms with Crippen LogP contribution in [0.4, 0.5) is 5.69 Å². The molecular weight excluding hydrogens is 228 g/mol. The zero-order chi connectivity index (χ0) is 13.2. The van der Waals surface area contributed by atoms with Crippen LogP contribution in [-0.4, -0.2) is 25.7 Å². The van der Waals surface area contributed by atoms with E-state index >= 15 is 0 Å². The second-order valence-corrected chi connectivity index (χ2v) is 4.14. The Labute approximate surface area is 109 Å². The molecule has 0 amide bonds. The van der Waals surface area contributed by atoms with Crippen LogP contribution >= 0.6 is 0 Å². The van der Waals surface area contributed by atoms with Crippen molar-refractivity contribution in [1.82, 2.24) is 0 Å². The van der Waals surface area contributed by atoms with Gasteiger partial charge in [-0.2, -0.15) is 0 Å². The predicted molar refractivity (Wildman–Crippen MR) is 73.8 cm³/mol. The van der Waals surface area contributed by atoms with Crippen LogP contribution in [0.2, 0.25) is 0 Å². The molecule has 0 saturated carbocycles. The molecule has 0 aliphatic heterocycles. The van der Waals surface area contributed by atoms with Crippen molar-refractivity contribution in [3.05, 3.63) is 29.8 Å². The van der Waals surface area contributed by atoms with E-state index < -0.39 is 0 Å². The van der Waals surface area contributed by atoms with Gasteiger partial charge < -0.3 is 15.8 Å². The lowest BCUT2D eigenvalue weighted by Crippen LogP contribution is -2.07. The number of hydrogen-bond acceptors (Lipinski definition) is 4. The summed E-state index contributed by atoms with van der Waals surface area (Å²) in [7, 11) is 0. The Hall–Kier alpha value is -1.55. The standard InChI is InChI=1S/C14H22N2O2/c1-2-11-18-14(17)12-5-7-13(8-6-12)16-10-4-3-9-15/h5-8,16H,2-4,9-11,15H2,1H3. The number of hydrogen-bond donors (Lipinski definition) is 2. The van der Waals surface area contributed by atoms with Crippen molar-refractivity contribution < 1.29 is 9.53 Å². The van der Waals surface area contributed by atoms with Crippen molar-refractivity contribution in [3.63, 3.8) is 0 Å². The van der Waals surface area contributed by atoms with Crippen LogP contribution in [0.5, 0.6) is 0 Å². The largest absolute Gasteiger partial charge is 0.462 e. The molecule has 100 valence electrons. The fourth-order valence-electron chi connectivity index (χ4n) is 1.50. The third-order valence-corrected chi connectivity index (χ3v) is 2.52. The van der Waals surface area contributed by atoms with Crippen molar-refractivity contribution in [2.24, 2.45) is 5.73 Å². The first kappa shape index (κ1) is 14.5. The van der Waals surface area contributed by atoms with Gasteiger partial charge >= 0.3 is 5.97 Å². The first-order valence-corrected chi connectivity index (χ1v) is 6.49. The lowest BCUT2D eigenvalue weighted by molar-refractivity contribution is 0.0505. The third-order valence-electron chi connectivity index (χ3n) is 2.52. The third kappa shape index (κ3) is 5.19. The highest BCUT2D eigenvalue weighted by molar-refractivity contribution is 5.89. The Morgan fingerprint density at radius 1 is 1.28 bits per heavy atom. The highest BCUT2D eigenvalue weighted by atomic mass is 16.5. The monoisotopic (exact) mass is 250 g/mol. The van der Waals surface area contributed by atoms with Gasteiger partial charge in [0.2, 0.25) is 0 Å². The Morgan fingerprint density at radius 3 is 2.61 bits per heavy atom. The Morgan fingerprint density at radius 2 is 2.00 bits per heavy atom. The van der Waals surface area contributed by atoms with Gasteiger partial charge in [-0.05, 0) is 50.1 Å². The fourth-order valence-corrected chi connectivity index (χ4v) is 1.50. The van der Waals surface area contributed by atoms with Crippen LogP contribution in [0.3, 0.4) is 0 Å². The Kier molecular flexibility index (Phi) is 6.87. The summed E-state index contributed by atoms with van der Waals surface area (Å²) in [5.74, 6) is -0.258. The second-order valence-electron chi connectivity index (χ2n) is 4.14. The van der Waals surface area contributed by atoms with E-state index in [0.717, 1.165) is 38.0 Å². The van der Waals surface area contributed by atoms with Gasteiger partial charge in [-0.15, -0.1) is 0 Å². The average molecular weight is 250 g/mol. The van der Waals surface area contributed by atoms with Crippen molar-refractivity contribution in [2.75, 3.05) is 25.0 Å². The Balaban J connectivity index is 2.39. The van der Waals surface area contributed by atoms with Crippen LogP contribution in [0, 0.1) is 0 Å². The zero-order valence-electron chi connectivity index (χ0n) is 10.9. The summed E-state index contributed by atoms with van der Waals surface area (Å²) in [6.07, 6.45) is 2.91. The van der Waals surface area contributed by atoms with Crippen molar-refractivity contribution in [2.45, 2.75) is 26.2 Å². The lowest BCUT2D eigenvalue weighted by atomic mass is 10.2. The average Bonchev–Trinajstić information content (AvgIpc) is 2.41. The summed E-state index contributed by atoms with van der Waals surface area (Å²) in [5, 5.41) is 3.28. The SMILES string of the molecule is CCCOC(=O)c1ccc(NCCCCN)cc1. The number of carbonyl (C=O) groups excluding carboxylic acids is 1. The zero-order valence-corrected chi connectivity index (χ0v) is 10.9. The molecule has 1 aromatic carbocycles. The van der Waals surface area contributed by atoms with E-state index in [-0.39, 0.29) is 5.97 Å². The molecule has 0 aromatic heterocycles. The Bertz CT molecular complexity index is 349. The van der Waals surface area contributed by atoms with E-state index in [1.165, 1.54) is 0 Å². The molecule has 3 N–H and O–H groups in total. The molecule has 4 nitrogen and oxygen atoms in total. The first-order chi connectivity index (χ1) is 8.77. The van der Waals surface area contributed by atoms with Gasteiger partial charge in [-0.25, -0.2) is 4.79 Å². The summed E-state index contributed by atoms with van der Waals surface area (Å²) in [5.41, 5.74) is 7.03. The molecular formula is C14H22N2O2. The highest BCUT2D eigenvalue weighted by Gasteiger charge is 2.05. The van der Waals surface area contributed by atoms with E-state index in [9.17, 15) is 4.79 Å². The number of nitrogens with one attached hydrogen (secondary N) is 1. The van der Waals surface area contributed by atoms with E-state index in [4.69, 9.17) is 10.5 Å². The molecule has 0 fully saturated rings. The number of ether oxygens (including phenoxy) is 1. The maximum Gasteiger partial charge on any atom is 0.338 e. The van der Waals surface area contributed by atoms with E-state index in [1.807, 2.05) is 19.1 Å². The summed E-state index contributed by atoms with van der Waals surface area (Å²) < 4.78 is 5.06. The molecule has 0 radical (unpaired) electrons. The van der Waals surface area contributed by atoms with Gasteiger partial charge in [-0.1, -0.05) is 6.92 Å². The second kappa shape index (κ2) is 8.53. The van der Waals surface area contributed by atoms with Gasteiger partial charge in [0.25, 0.3) is 0 Å². The smallest absolute Gasteiger partial charge is 0.338 e. The fraction of sp³-hybridized carbons (Fsp3) is 0.500. The molecule has 0 spiro atoms. The topological polar surface area (TPSA) is 64.3 Å². The van der Waals surface area contributed by atoms with Gasteiger partial charge in [0.05, 0.1) is 12.2 Å². The normalized spacial score (nSPS) is 10.1. The number of esters is 1. The molecule has 0 unspecified atom stereocenters. The maximum atomic E-state index is 11.6. The molecule has 0 aliphatic rings. The molecule has 0 bridgehead atoms. The molecule has 0 saturated heterocycles. The lowest BCUT2D eigenvalue weighted by Gasteiger charge is -2.07. The van der Waals surface area contributed by atoms with E-state index in [0.29, 0.717) is 12.2 Å². The number of anilines is 1. The minimum absolute atomic E-state index is 0.258. The molecule has 0 aliphatic carbocycles. The summed E-state index contributed by atoms with van der Waals surface area (Å²) in [6, 6.07) is 7.35. The minimum Gasteiger partial charge on any atom is -0.462 e. The molecule has 4 heteroatoms. The number of carbonyl (C=O) groups is 1. The highest BCUT2D eigenvalue weighted by Crippen LogP contribution is 2.10. The summed E-state index contributed by atoms with van der Waals surface area (Å²) >= 11 is 0. The molecule has 1 rings (SSSR count). The van der Waals surface area contributed by atoms with Gasteiger partial charge in [0, 0.05) is 12.2 Å². The predicted octanol–water partition coefficient (Wildman–Crippen LogP) is 2.40. The molecule has 18 heavy (non-hydrogen) atoms. The summed E-state index contributed by atoms with van der Waals surface area (Å²) in [4.78, 5) is 11.6. The molecule has 1 aromatic rings. The van der Waals surface area contributed by atoms with E-state index in [1.54, 1.807) is 12.1 Å². The van der Waals surface area contributed by atoms with Gasteiger partial charge in [0.15, 0.2) is 0 Å². The molecule has 0 atom stereocenters. The van der Waals surface area contributed by atoms with Gasteiger partial charge in [0.1, 0.15) is 0 Å². The van der Waals surface area contributed by atoms with Crippen molar-refractivity contribution in [1.29, 1.82) is 0 Å². The van der Waals surface area contributed by atoms with Crippen LogP contribution in [0.15, 0.2) is 24.3 Å². The molecule has 0 heterocycles. The van der Waals surface area contributed by atoms with Crippen molar-refractivity contribution >= 4 is 11.7 Å². The van der Waals surface area contributed by atoms with E-state index in [2.05, 4.69) is 5.32 Å². The van der Waals surface area contributed by atoms with Crippen LogP contribution in [0.1, 0.15) is 36.5 Å². The number of rotatable bonds is 8. The number of unbranched alkanes of at least 4 members (excludes halogenated alkanes) is 1. The first-order valence-electron chi connectivity index (χ1n) is 6.49. The number of nitrogens with two attached hydrogens (primary N) is 1. The van der Waals surface area contributed by atoms with Crippen LogP contribution in [-0.2, 0) is 4.74 Å². The quantitative estimate of drug-likeness (QED) is 0.549. The van der Waals surface area contributed by atoms with Crippen molar-refractivity contribution in [3.8, 4) is 0 Å². The summed E-state index contributed by atoms with van der Waals surface area (Å²) in [6.45, 7) is 4.07. The minimum atomic E-state index is -0.258. The number of benzene rings is 1. The van der Waals surface area contributed by atoms with Gasteiger partial charge in [-0.3, -0.25) is 0 Å².